The van der Waals surface area contributed by atoms with Crippen molar-refractivity contribution in [3.8, 4) is 0 Å². The van der Waals surface area contributed by atoms with Gasteiger partial charge in [-0.3, -0.25) is 0 Å². The maximum Gasteiger partial charge on any atom is 0.149 e. The second-order valence-corrected chi connectivity index (χ2v) is 18.3. The molecule has 2 radical (unpaired) electrons. The Bertz CT molecular complexity index is 476. The second-order valence-electron chi connectivity index (χ2n) is 8.20. The van der Waals surface area contributed by atoms with Gasteiger partial charge in [-0.1, -0.05) is 61.9 Å². The Morgan fingerprint density at radius 1 is 0.762 bits per heavy atom. The van der Waals surface area contributed by atoms with Gasteiger partial charge >= 0.3 is 0 Å². The standard InChI is InChI=1S/C16H31B2NSi2/c1-12-11-13(2)15(4)16(14(12)3)17-18-19(20(5,6)7)21(8,9)10/h11H,1-10H3. The van der Waals surface area contributed by atoms with Gasteiger partial charge in [-0.05, 0) is 38.8 Å². The number of aryl methyl sites for hydroxylation is 2. The van der Waals surface area contributed by atoms with Crippen LogP contribution in [0.25, 0.3) is 0 Å². The molecular weight excluding hydrogens is 284 g/mol. The zero-order valence-corrected chi connectivity index (χ0v) is 17.7. The summed E-state index contributed by atoms with van der Waals surface area (Å²) in [4.78, 5) is 0. The van der Waals surface area contributed by atoms with Crippen molar-refractivity contribution in [2.24, 2.45) is 0 Å². The first kappa shape index (κ1) is 18.8. The Morgan fingerprint density at radius 2 is 1.14 bits per heavy atom. The molecule has 0 atom stereocenters. The van der Waals surface area contributed by atoms with Crippen LogP contribution < -0.4 is 5.46 Å². The Labute approximate surface area is 136 Å². The van der Waals surface area contributed by atoms with E-state index >= 15 is 0 Å². The first-order valence-corrected chi connectivity index (χ1v) is 14.8. The van der Waals surface area contributed by atoms with Gasteiger partial charge in [-0.2, -0.15) is 0 Å². The lowest BCUT2D eigenvalue weighted by Gasteiger charge is -2.44. The molecule has 0 fully saturated rings. The van der Waals surface area contributed by atoms with Crippen LogP contribution >= 0.6 is 0 Å². The molecule has 1 nitrogen and oxygen atoms in total. The van der Waals surface area contributed by atoms with Crippen molar-refractivity contribution in [3.63, 3.8) is 0 Å². The third kappa shape index (κ3) is 4.60. The van der Waals surface area contributed by atoms with Gasteiger partial charge in [-0.15, -0.1) is 0 Å². The third-order valence-corrected chi connectivity index (χ3v) is 11.5. The van der Waals surface area contributed by atoms with Crippen molar-refractivity contribution < 1.29 is 0 Å². The van der Waals surface area contributed by atoms with Crippen LogP contribution in [0, 0.1) is 27.7 Å². The van der Waals surface area contributed by atoms with E-state index in [-0.39, 0.29) is 0 Å². The van der Waals surface area contributed by atoms with Crippen molar-refractivity contribution in [2.45, 2.75) is 67.0 Å². The number of benzene rings is 1. The largest absolute Gasteiger partial charge is 0.399 e. The predicted octanol–water partition coefficient (Wildman–Crippen LogP) is 3.76. The van der Waals surface area contributed by atoms with Crippen molar-refractivity contribution >= 4 is 36.4 Å². The van der Waals surface area contributed by atoms with E-state index in [1.54, 1.807) is 0 Å². The molecule has 0 saturated carbocycles. The van der Waals surface area contributed by atoms with E-state index in [1.165, 1.54) is 27.7 Å². The molecule has 0 aromatic heterocycles. The van der Waals surface area contributed by atoms with Gasteiger partial charge in [0.15, 0.2) is 0 Å². The highest BCUT2D eigenvalue weighted by atomic mass is 28.4. The van der Waals surface area contributed by atoms with Gasteiger partial charge in [0.2, 0.25) is 0 Å². The molecule has 1 rings (SSSR count). The average Bonchev–Trinajstić information content (AvgIpc) is 2.27. The maximum absolute atomic E-state index is 2.72. The topological polar surface area (TPSA) is 3.24 Å². The molecule has 21 heavy (non-hydrogen) atoms. The fourth-order valence-electron chi connectivity index (χ4n) is 3.10. The highest BCUT2D eigenvalue weighted by Crippen LogP contribution is 2.18. The van der Waals surface area contributed by atoms with Crippen LogP contribution in [0.2, 0.25) is 39.3 Å². The van der Waals surface area contributed by atoms with Crippen molar-refractivity contribution in [2.75, 3.05) is 0 Å². The molecule has 114 valence electrons. The van der Waals surface area contributed by atoms with Gasteiger partial charge in [0, 0.05) is 0 Å². The summed E-state index contributed by atoms with van der Waals surface area (Å²) < 4.78 is 2.72. The fraction of sp³-hybridized carbons (Fsp3) is 0.625. The highest BCUT2D eigenvalue weighted by Gasteiger charge is 2.33. The fourth-order valence-corrected chi connectivity index (χ4v) is 12.2. The first-order chi connectivity index (χ1) is 9.35. The minimum Gasteiger partial charge on any atom is -0.399 e. The summed E-state index contributed by atoms with van der Waals surface area (Å²) in [6.45, 7) is 23.6. The van der Waals surface area contributed by atoms with E-state index in [4.69, 9.17) is 0 Å². The molecule has 0 heterocycles. The minimum atomic E-state index is -1.33. The monoisotopic (exact) mass is 315 g/mol. The van der Waals surface area contributed by atoms with Crippen molar-refractivity contribution in [1.82, 2.24) is 4.14 Å². The summed E-state index contributed by atoms with van der Waals surface area (Å²) in [5.41, 5.74) is 7.03. The molecule has 0 saturated heterocycles. The number of rotatable bonds is 5. The second kappa shape index (κ2) is 6.47. The molecule has 1 aromatic carbocycles. The summed E-state index contributed by atoms with van der Waals surface area (Å²) in [5, 5.41) is 0. The Balaban J connectivity index is 3.08. The Kier molecular flexibility index (Phi) is 5.79. The van der Waals surface area contributed by atoms with Crippen LogP contribution in [0.5, 0.6) is 0 Å². The Morgan fingerprint density at radius 3 is 1.48 bits per heavy atom. The molecular formula is C16H31B2NSi2. The molecule has 0 aliphatic heterocycles. The zero-order valence-electron chi connectivity index (χ0n) is 15.7. The van der Waals surface area contributed by atoms with Crippen LogP contribution in [0.15, 0.2) is 6.07 Å². The third-order valence-electron chi connectivity index (χ3n) is 4.26. The van der Waals surface area contributed by atoms with Crippen molar-refractivity contribution in [1.29, 1.82) is 0 Å². The van der Waals surface area contributed by atoms with Crippen LogP contribution in [0.4, 0.5) is 0 Å². The minimum absolute atomic E-state index is 1.33. The lowest BCUT2D eigenvalue weighted by Crippen LogP contribution is -2.62. The lowest BCUT2D eigenvalue weighted by molar-refractivity contribution is 0.966. The molecule has 0 aliphatic rings. The molecule has 0 aliphatic carbocycles. The first-order valence-electron chi connectivity index (χ1n) is 7.90. The SMILES string of the molecule is Cc1cc(C)c(C)c([B][B]N([Si](C)(C)C)[Si](C)(C)C)c1C. The number of hydrogen-bond acceptors (Lipinski definition) is 1. The van der Waals surface area contributed by atoms with E-state index < -0.39 is 16.5 Å². The van der Waals surface area contributed by atoms with Gasteiger partial charge in [0.1, 0.15) is 30.9 Å². The van der Waals surface area contributed by atoms with E-state index in [0.717, 1.165) is 0 Å². The summed E-state index contributed by atoms with van der Waals surface area (Å²) in [5.74, 6) is 0. The van der Waals surface area contributed by atoms with Gasteiger partial charge < -0.3 is 4.14 Å². The molecule has 0 unspecified atom stereocenters. The van der Waals surface area contributed by atoms with E-state index in [0.29, 0.717) is 0 Å². The normalized spacial score (nSPS) is 12.7. The number of nitrogens with zero attached hydrogens (tertiary/aromatic N) is 1. The number of hydrogen-bond donors (Lipinski definition) is 0. The van der Waals surface area contributed by atoms with Crippen LogP contribution in [0.3, 0.4) is 0 Å². The highest BCUT2D eigenvalue weighted by molar-refractivity contribution is 7.15. The quantitative estimate of drug-likeness (QED) is 0.748. The van der Waals surface area contributed by atoms with E-state index in [1.807, 2.05) is 0 Å². The van der Waals surface area contributed by atoms with E-state index in [2.05, 4.69) is 91.7 Å². The molecule has 0 N–H and O–H groups in total. The molecule has 0 spiro atoms. The summed E-state index contributed by atoms with van der Waals surface area (Å²) in [6.07, 6.45) is 0. The molecule has 1 aromatic rings. The zero-order chi connectivity index (χ0) is 16.6. The van der Waals surface area contributed by atoms with Crippen LogP contribution in [0.1, 0.15) is 22.3 Å². The molecule has 0 amide bonds. The molecule has 5 heteroatoms. The van der Waals surface area contributed by atoms with Gasteiger partial charge in [0.25, 0.3) is 0 Å². The lowest BCUT2D eigenvalue weighted by atomic mass is 9.42. The van der Waals surface area contributed by atoms with E-state index in [9.17, 15) is 0 Å². The van der Waals surface area contributed by atoms with Crippen molar-refractivity contribution in [3.05, 3.63) is 28.3 Å². The average molecular weight is 315 g/mol. The van der Waals surface area contributed by atoms with Gasteiger partial charge in [0.05, 0.1) is 0 Å². The summed E-state index contributed by atoms with van der Waals surface area (Å²) in [6, 6.07) is 2.30. The Hall–Kier alpha value is -0.256. The van der Waals surface area contributed by atoms with Crippen LogP contribution in [-0.2, 0) is 0 Å². The molecule has 0 bridgehead atoms. The summed E-state index contributed by atoms with van der Waals surface area (Å²) >= 11 is 0. The maximum atomic E-state index is 2.72. The summed E-state index contributed by atoms with van der Waals surface area (Å²) in [7, 11) is 2.10. The predicted molar refractivity (Wildman–Crippen MR) is 105 cm³/mol. The smallest absolute Gasteiger partial charge is 0.149 e. The van der Waals surface area contributed by atoms with Gasteiger partial charge in [-0.25, -0.2) is 0 Å². The van der Waals surface area contributed by atoms with Crippen LogP contribution in [-0.4, -0.2) is 35.1 Å².